The number of methoxy groups -OCH3 is 1. The molecule has 0 spiro atoms. The average molecular weight is 260 g/mol. The number of aromatic nitrogens is 2. The molecule has 1 aromatic heterocycles. The lowest BCUT2D eigenvalue weighted by Crippen LogP contribution is -2.25. The zero-order valence-electron chi connectivity index (χ0n) is 9.48. The van der Waals surface area contributed by atoms with Crippen molar-refractivity contribution >= 4 is 22.8 Å². The molecule has 0 saturated heterocycles. The summed E-state index contributed by atoms with van der Waals surface area (Å²) in [6.45, 7) is 0.697. The Morgan fingerprint density at radius 3 is 3.00 bits per heavy atom. The summed E-state index contributed by atoms with van der Waals surface area (Å²) in [6, 6.07) is 1.60. The Morgan fingerprint density at radius 1 is 1.59 bits per heavy atom. The first-order chi connectivity index (χ1) is 8.13. The number of ether oxygens (including phenoxy) is 1. The van der Waals surface area contributed by atoms with Crippen LogP contribution in [0.5, 0.6) is 0 Å². The molecule has 7 heteroatoms. The van der Waals surface area contributed by atoms with Crippen LogP contribution in [-0.2, 0) is 16.3 Å². The normalized spacial score (nSPS) is 10.2. The van der Waals surface area contributed by atoms with Gasteiger partial charge in [0.25, 0.3) is 5.91 Å². The molecule has 17 heavy (non-hydrogen) atoms. The Morgan fingerprint density at radius 2 is 2.35 bits per heavy atom. The fraction of sp³-hybridized carbons (Fsp3) is 0.500. The van der Waals surface area contributed by atoms with Crippen molar-refractivity contribution in [2.45, 2.75) is 19.6 Å². The first kappa shape index (κ1) is 13.7. The number of carbonyl (C=O) groups is 2. The van der Waals surface area contributed by atoms with E-state index in [4.69, 9.17) is 16.3 Å². The average Bonchev–Trinajstić information content (AvgIpc) is 2.73. The van der Waals surface area contributed by atoms with E-state index in [-0.39, 0.29) is 12.3 Å². The number of hydrogen-bond donors (Lipinski definition) is 1. The fourth-order valence-electron chi connectivity index (χ4n) is 1.21. The van der Waals surface area contributed by atoms with Crippen LogP contribution in [0, 0.1) is 0 Å². The van der Waals surface area contributed by atoms with Crippen molar-refractivity contribution in [3.63, 3.8) is 0 Å². The van der Waals surface area contributed by atoms with E-state index in [0.717, 1.165) is 0 Å². The van der Waals surface area contributed by atoms with Gasteiger partial charge in [0.15, 0.2) is 0 Å². The molecule has 1 aromatic rings. The van der Waals surface area contributed by atoms with Crippen molar-refractivity contribution in [2.24, 2.45) is 0 Å². The molecule has 0 bridgehead atoms. The van der Waals surface area contributed by atoms with Crippen molar-refractivity contribution < 1.29 is 14.3 Å². The molecular weight excluding hydrogens is 246 g/mol. The van der Waals surface area contributed by atoms with Crippen LogP contribution in [0.2, 0.25) is 0 Å². The molecule has 0 unspecified atom stereocenters. The first-order valence-electron chi connectivity index (χ1n) is 5.12. The monoisotopic (exact) mass is 259 g/mol. The van der Waals surface area contributed by atoms with Crippen LogP contribution >= 0.6 is 11.6 Å². The van der Waals surface area contributed by atoms with E-state index in [1.54, 1.807) is 19.4 Å². The van der Waals surface area contributed by atoms with Crippen molar-refractivity contribution in [3.05, 3.63) is 18.0 Å². The molecule has 1 rings (SSSR count). The predicted molar refractivity (Wildman–Crippen MR) is 61.7 cm³/mol. The summed E-state index contributed by atoms with van der Waals surface area (Å²) < 4.78 is 6.37. The van der Waals surface area contributed by atoms with Crippen molar-refractivity contribution in [1.82, 2.24) is 15.1 Å². The minimum atomic E-state index is -0.399. The van der Waals surface area contributed by atoms with E-state index in [0.29, 0.717) is 25.4 Å². The molecule has 6 nitrogen and oxygen atoms in total. The van der Waals surface area contributed by atoms with E-state index in [1.165, 1.54) is 4.68 Å². The quantitative estimate of drug-likeness (QED) is 0.580. The Labute approximate surface area is 104 Å². The van der Waals surface area contributed by atoms with Crippen LogP contribution in [0.25, 0.3) is 0 Å². The molecule has 0 atom stereocenters. The molecule has 94 valence electrons. The molecule has 1 N–H and O–H groups in total. The van der Waals surface area contributed by atoms with Crippen LogP contribution in [-0.4, -0.2) is 34.6 Å². The maximum Gasteiger partial charge on any atom is 0.271 e. The van der Waals surface area contributed by atoms with Gasteiger partial charge in [-0.2, -0.15) is 5.10 Å². The highest BCUT2D eigenvalue weighted by molar-refractivity contribution is 6.63. The van der Waals surface area contributed by atoms with E-state index in [2.05, 4.69) is 10.4 Å². The number of halogens is 1. The van der Waals surface area contributed by atoms with Gasteiger partial charge >= 0.3 is 0 Å². The summed E-state index contributed by atoms with van der Waals surface area (Å²) in [5.74, 6) is -0.276. The number of rotatable bonds is 7. The van der Waals surface area contributed by atoms with Gasteiger partial charge in [-0.15, -0.1) is 0 Å². The fourth-order valence-corrected chi connectivity index (χ4v) is 1.34. The van der Waals surface area contributed by atoms with Crippen LogP contribution in [0.3, 0.4) is 0 Å². The summed E-state index contributed by atoms with van der Waals surface area (Å²) in [5.41, 5.74) is 0.319. The SMILES string of the molecule is COCn1ccc(C(=O)NCCCC(=O)Cl)n1. The second kappa shape index (κ2) is 7.03. The second-order valence-corrected chi connectivity index (χ2v) is 3.79. The highest BCUT2D eigenvalue weighted by Gasteiger charge is 2.08. The van der Waals surface area contributed by atoms with Crippen LogP contribution in [0.1, 0.15) is 23.3 Å². The summed E-state index contributed by atoms with van der Waals surface area (Å²) in [4.78, 5) is 22.0. The molecule has 0 aromatic carbocycles. The summed E-state index contributed by atoms with van der Waals surface area (Å²) >= 11 is 5.17. The van der Waals surface area contributed by atoms with Gasteiger partial charge in [0.05, 0.1) is 0 Å². The standard InChI is InChI=1S/C10H14ClN3O3/c1-17-7-14-6-4-8(13-14)10(16)12-5-2-3-9(11)15/h4,6H,2-3,5,7H2,1H3,(H,12,16). The van der Waals surface area contributed by atoms with E-state index in [9.17, 15) is 9.59 Å². The molecule has 1 amide bonds. The minimum absolute atomic E-state index is 0.250. The predicted octanol–water partition coefficient (Wildman–Crippen LogP) is 0.762. The lowest BCUT2D eigenvalue weighted by Gasteiger charge is -2.01. The van der Waals surface area contributed by atoms with E-state index >= 15 is 0 Å². The zero-order valence-corrected chi connectivity index (χ0v) is 10.2. The van der Waals surface area contributed by atoms with Gasteiger partial charge in [-0.3, -0.25) is 9.59 Å². The molecule has 0 aliphatic heterocycles. The molecule has 1 heterocycles. The van der Waals surface area contributed by atoms with Gasteiger partial charge in [0.1, 0.15) is 12.4 Å². The number of nitrogens with one attached hydrogen (secondary N) is 1. The van der Waals surface area contributed by atoms with Gasteiger partial charge in [-0.25, -0.2) is 4.68 Å². The van der Waals surface area contributed by atoms with Crippen molar-refractivity contribution in [1.29, 1.82) is 0 Å². The highest BCUT2D eigenvalue weighted by Crippen LogP contribution is 1.97. The highest BCUT2D eigenvalue weighted by atomic mass is 35.5. The number of carbonyl (C=O) groups excluding carboxylic acids is 2. The first-order valence-corrected chi connectivity index (χ1v) is 5.50. The van der Waals surface area contributed by atoms with Gasteiger partial charge in [-0.1, -0.05) is 0 Å². The van der Waals surface area contributed by atoms with Crippen LogP contribution in [0.15, 0.2) is 12.3 Å². The third-order valence-corrected chi connectivity index (χ3v) is 2.16. The minimum Gasteiger partial charge on any atom is -0.362 e. The Kier molecular flexibility index (Phi) is 5.65. The lowest BCUT2D eigenvalue weighted by molar-refractivity contribution is -0.111. The van der Waals surface area contributed by atoms with Crippen molar-refractivity contribution in [3.8, 4) is 0 Å². The van der Waals surface area contributed by atoms with E-state index < -0.39 is 5.24 Å². The van der Waals surface area contributed by atoms with Gasteiger partial charge < -0.3 is 10.1 Å². The topological polar surface area (TPSA) is 73.2 Å². The summed E-state index contributed by atoms with van der Waals surface area (Å²) in [5, 5.41) is 6.24. The third-order valence-electron chi connectivity index (χ3n) is 1.97. The van der Waals surface area contributed by atoms with Gasteiger partial charge in [-0.05, 0) is 24.1 Å². The largest absolute Gasteiger partial charge is 0.362 e. The Hall–Kier alpha value is -1.40. The summed E-state index contributed by atoms with van der Waals surface area (Å²) in [6.07, 6.45) is 2.42. The lowest BCUT2D eigenvalue weighted by atomic mass is 10.3. The van der Waals surface area contributed by atoms with Gasteiger partial charge in [0.2, 0.25) is 5.24 Å². The van der Waals surface area contributed by atoms with Crippen LogP contribution in [0.4, 0.5) is 0 Å². The molecule has 0 saturated carbocycles. The molecule has 0 fully saturated rings. The number of nitrogens with zero attached hydrogens (tertiary/aromatic N) is 2. The van der Waals surface area contributed by atoms with Gasteiger partial charge in [0, 0.05) is 26.3 Å². The molecule has 0 radical (unpaired) electrons. The molecular formula is C10H14ClN3O3. The van der Waals surface area contributed by atoms with Crippen molar-refractivity contribution in [2.75, 3.05) is 13.7 Å². The smallest absolute Gasteiger partial charge is 0.271 e. The number of amides is 1. The molecule has 0 aliphatic rings. The third kappa shape index (κ3) is 4.97. The second-order valence-electron chi connectivity index (χ2n) is 3.37. The maximum atomic E-state index is 11.6. The Balaban J connectivity index is 2.33. The molecule has 0 aliphatic carbocycles. The summed E-state index contributed by atoms with van der Waals surface area (Å²) in [7, 11) is 1.55. The number of hydrogen-bond acceptors (Lipinski definition) is 4. The maximum absolute atomic E-state index is 11.6. The van der Waals surface area contributed by atoms with E-state index in [1.807, 2.05) is 0 Å². The Bertz CT molecular complexity index is 392. The van der Waals surface area contributed by atoms with Crippen LogP contribution < -0.4 is 5.32 Å². The zero-order chi connectivity index (χ0) is 12.7.